The molecule has 13 rings (SSSR count). The smallest absolute Gasteiger partial charge is 0.235 e. The zero-order valence-corrected chi connectivity index (χ0v) is 33.8. The van der Waals surface area contributed by atoms with Crippen LogP contribution in [0.15, 0.2) is 194 Å². The maximum absolute atomic E-state index is 5.54. The van der Waals surface area contributed by atoms with Gasteiger partial charge in [0.1, 0.15) is 0 Å². The summed E-state index contributed by atoms with van der Waals surface area (Å²) >= 11 is 0. The van der Waals surface area contributed by atoms with Crippen LogP contribution < -0.4 is 0 Å². The van der Waals surface area contributed by atoms with Crippen LogP contribution in [0.5, 0.6) is 0 Å². The average molecular weight is 779 g/mol. The molecule has 4 nitrogen and oxygen atoms in total. The number of fused-ring (bicyclic) bond motifs is 12. The molecule has 9 aromatic carbocycles. The van der Waals surface area contributed by atoms with Gasteiger partial charge < -0.3 is 4.57 Å². The van der Waals surface area contributed by atoms with Crippen LogP contribution in [-0.4, -0.2) is 19.1 Å². The average Bonchev–Trinajstić information content (AvgIpc) is 3.91. The van der Waals surface area contributed by atoms with E-state index in [1.54, 1.807) is 0 Å². The number of hydrogen-bond acceptors (Lipinski definition) is 2. The summed E-state index contributed by atoms with van der Waals surface area (Å²) in [6.07, 6.45) is 0. The van der Waals surface area contributed by atoms with Crippen molar-refractivity contribution in [1.29, 1.82) is 0 Å². The van der Waals surface area contributed by atoms with Gasteiger partial charge in [0.2, 0.25) is 5.95 Å². The third-order valence-corrected chi connectivity index (χ3v) is 13.3. The van der Waals surface area contributed by atoms with E-state index in [-0.39, 0.29) is 5.41 Å². The molecule has 0 radical (unpaired) electrons. The van der Waals surface area contributed by atoms with Gasteiger partial charge in [0.05, 0.1) is 33.3 Å². The van der Waals surface area contributed by atoms with Crippen molar-refractivity contribution in [1.82, 2.24) is 19.1 Å². The Kier molecular flexibility index (Phi) is 7.04. The van der Waals surface area contributed by atoms with Crippen LogP contribution >= 0.6 is 0 Å². The summed E-state index contributed by atoms with van der Waals surface area (Å²) < 4.78 is 4.67. The van der Waals surface area contributed by atoms with Crippen LogP contribution in [0.4, 0.5) is 0 Å². The van der Waals surface area contributed by atoms with Crippen LogP contribution in [0.3, 0.4) is 0 Å². The topological polar surface area (TPSA) is 35.6 Å². The normalized spacial score (nSPS) is 13.2. The van der Waals surface area contributed by atoms with Gasteiger partial charge in [0.15, 0.2) is 0 Å². The second-order valence-electron chi connectivity index (χ2n) is 17.0. The molecular formula is C57H38N4. The highest BCUT2D eigenvalue weighted by molar-refractivity contribution is 6.22. The molecule has 0 fully saturated rings. The molecule has 286 valence electrons. The monoisotopic (exact) mass is 778 g/mol. The minimum absolute atomic E-state index is 0.123. The van der Waals surface area contributed by atoms with Gasteiger partial charge in [-0.25, -0.2) is 9.97 Å². The standard InChI is InChI=1S/C57H38N4/c1-57(2)47-21-11-8-18-41(47)42-28-25-38(33-48(42)57)55-45-20-9-12-22-49(45)58-56(59-55)61-51-30-27-36(32-46(51)54-40-17-7-6-14-35(40)26-31-52(54)61)37-24-29-44-43-19-10-13-23-50(43)60(53(44)34-37)39-15-4-3-5-16-39/h3-34H,1-2H3. The van der Waals surface area contributed by atoms with Crippen LogP contribution in [0, 0.1) is 0 Å². The molecule has 3 heterocycles. The van der Waals surface area contributed by atoms with Gasteiger partial charge >= 0.3 is 0 Å². The fourth-order valence-electron chi connectivity index (χ4n) is 10.4. The van der Waals surface area contributed by atoms with Gasteiger partial charge in [-0.3, -0.25) is 4.57 Å². The second kappa shape index (κ2) is 12.6. The lowest BCUT2D eigenvalue weighted by Crippen LogP contribution is -2.15. The zero-order chi connectivity index (χ0) is 40.4. The molecule has 1 aliphatic rings. The van der Waals surface area contributed by atoms with Crippen molar-refractivity contribution >= 4 is 65.3 Å². The first-order valence-electron chi connectivity index (χ1n) is 21.1. The predicted octanol–water partition coefficient (Wildman–Crippen LogP) is 14.6. The van der Waals surface area contributed by atoms with Crippen molar-refractivity contribution in [2.75, 3.05) is 0 Å². The molecule has 3 aromatic heterocycles. The molecule has 0 spiro atoms. The highest BCUT2D eigenvalue weighted by Gasteiger charge is 2.35. The predicted molar refractivity (Wildman–Crippen MR) is 254 cm³/mol. The van der Waals surface area contributed by atoms with E-state index in [9.17, 15) is 0 Å². The fraction of sp³-hybridized carbons (Fsp3) is 0.0526. The molecule has 4 heteroatoms. The van der Waals surface area contributed by atoms with Gasteiger partial charge in [-0.15, -0.1) is 0 Å². The molecule has 1 aliphatic carbocycles. The van der Waals surface area contributed by atoms with E-state index in [4.69, 9.17) is 9.97 Å². The molecular weight excluding hydrogens is 741 g/mol. The number of para-hydroxylation sites is 3. The first-order valence-corrected chi connectivity index (χ1v) is 21.1. The zero-order valence-electron chi connectivity index (χ0n) is 33.8. The molecule has 0 aliphatic heterocycles. The van der Waals surface area contributed by atoms with Crippen LogP contribution in [0.25, 0.3) is 110 Å². The molecule has 0 unspecified atom stereocenters. The number of aromatic nitrogens is 4. The number of benzene rings is 9. The summed E-state index contributed by atoms with van der Waals surface area (Å²) in [4.78, 5) is 10.9. The lowest BCUT2D eigenvalue weighted by Gasteiger charge is -2.22. The Morgan fingerprint density at radius 2 is 1.05 bits per heavy atom. The Balaban J connectivity index is 1.04. The largest absolute Gasteiger partial charge is 0.309 e. The maximum atomic E-state index is 5.54. The van der Waals surface area contributed by atoms with Gasteiger partial charge in [0.25, 0.3) is 0 Å². The minimum atomic E-state index is -0.123. The van der Waals surface area contributed by atoms with Gasteiger partial charge in [-0.2, -0.15) is 0 Å². The Labute approximate surface area is 352 Å². The molecule has 0 saturated heterocycles. The van der Waals surface area contributed by atoms with E-state index < -0.39 is 0 Å². The lowest BCUT2D eigenvalue weighted by atomic mass is 9.82. The van der Waals surface area contributed by atoms with E-state index >= 15 is 0 Å². The third-order valence-electron chi connectivity index (χ3n) is 13.3. The summed E-state index contributed by atoms with van der Waals surface area (Å²) in [5.74, 6) is 0.661. The molecule has 0 bridgehead atoms. The molecule has 12 aromatic rings. The summed E-state index contributed by atoms with van der Waals surface area (Å²) in [6.45, 7) is 4.67. The maximum Gasteiger partial charge on any atom is 0.235 e. The lowest BCUT2D eigenvalue weighted by molar-refractivity contribution is 0.660. The Morgan fingerprint density at radius 3 is 1.95 bits per heavy atom. The molecule has 61 heavy (non-hydrogen) atoms. The number of nitrogens with zero attached hydrogens (tertiary/aromatic N) is 4. The third kappa shape index (κ3) is 4.87. The highest BCUT2D eigenvalue weighted by atomic mass is 15.2. The minimum Gasteiger partial charge on any atom is -0.309 e. The molecule has 0 saturated carbocycles. The highest BCUT2D eigenvalue weighted by Crippen LogP contribution is 2.50. The van der Waals surface area contributed by atoms with E-state index in [1.807, 2.05) is 0 Å². The van der Waals surface area contributed by atoms with Crippen molar-refractivity contribution in [3.05, 3.63) is 205 Å². The van der Waals surface area contributed by atoms with Crippen LogP contribution in [0.1, 0.15) is 25.0 Å². The Morgan fingerprint density at radius 1 is 0.393 bits per heavy atom. The van der Waals surface area contributed by atoms with Crippen molar-refractivity contribution < 1.29 is 0 Å². The molecule has 0 N–H and O–H groups in total. The summed E-state index contributed by atoms with van der Waals surface area (Å²) in [6, 6.07) is 70.6. The summed E-state index contributed by atoms with van der Waals surface area (Å²) in [5, 5.41) is 8.32. The van der Waals surface area contributed by atoms with Crippen LogP contribution in [0.2, 0.25) is 0 Å². The van der Waals surface area contributed by atoms with Crippen LogP contribution in [-0.2, 0) is 5.41 Å². The Hall–Kier alpha value is -7.82. The quantitative estimate of drug-likeness (QED) is 0.178. The van der Waals surface area contributed by atoms with Crippen molar-refractivity contribution in [3.8, 4) is 45.1 Å². The Bertz CT molecular complexity index is 3790. The molecule has 0 atom stereocenters. The van der Waals surface area contributed by atoms with E-state index in [0.29, 0.717) is 5.95 Å². The first-order chi connectivity index (χ1) is 30.0. The van der Waals surface area contributed by atoms with E-state index in [0.717, 1.165) is 44.4 Å². The summed E-state index contributed by atoms with van der Waals surface area (Å²) in [5.41, 5.74) is 16.2. The molecule has 0 amide bonds. The second-order valence-corrected chi connectivity index (χ2v) is 17.0. The van der Waals surface area contributed by atoms with Gasteiger partial charge in [-0.1, -0.05) is 153 Å². The number of rotatable bonds is 4. The van der Waals surface area contributed by atoms with E-state index in [2.05, 4.69) is 217 Å². The first kappa shape index (κ1) is 34.1. The summed E-state index contributed by atoms with van der Waals surface area (Å²) in [7, 11) is 0. The van der Waals surface area contributed by atoms with Crippen molar-refractivity contribution in [2.24, 2.45) is 0 Å². The SMILES string of the molecule is CC1(C)c2ccccc2-c2ccc(-c3nc(-n4c5ccc(-c6ccc7c8ccccc8n(-c8ccccc8)c7c6)cc5c5c6ccccc6ccc54)nc4ccccc34)cc21. The number of hydrogen-bond donors (Lipinski definition) is 0. The van der Waals surface area contributed by atoms with Crippen molar-refractivity contribution in [2.45, 2.75) is 19.3 Å². The van der Waals surface area contributed by atoms with Gasteiger partial charge in [-0.05, 0) is 98.8 Å². The van der Waals surface area contributed by atoms with Crippen molar-refractivity contribution in [3.63, 3.8) is 0 Å². The fourth-order valence-corrected chi connectivity index (χ4v) is 10.4. The van der Waals surface area contributed by atoms with Gasteiger partial charge in [0, 0.05) is 43.6 Å². The van der Waals surface area contributed by atoms with E-state index in [1.165, 1.54) is 71.2 Å².